The summed E-state index contributed by atoms with van der Waals surface area (Å²) < 4.78 is 12.6. The van der Waals surface area contributed by atoms with Crippen molar-refractivity contribution in [1.82, 2.24) is 25.2 Å². The van der Waals surface area contributed by atoms with Gasteiger partial charge in [-0.15, -0.1) is 15.3 Å². The summed E-state index contributed by atoms with van der Waals surface area (Å²) in [5, 5.41) is 17.0. The standard InChI is InChI=1S/C18H15N5O2S/c1-24-16-9-7-13(8-10-16)17-20-21-18(25-17)26-12-14-11-23(22-19-14)15-5-3-2-4-6-15/h2-11H,12H2,1H3. The van der Waals surface area contributed by atoms with Gasteiger partial charge in [0.15, 0.2) is 0 Å². The van der Waals surface area contributed by atoms with Crippen LogP contribution in [0.2, 0.25) is 0 Å². The van der Waals surface area contributed by atoms with E-state index in [2.05, 4.69) is 20.5 Å². The number of nitrogens with zero attached hydrogens (tertiary/aromatic N) is 5. The second-order valence-corrected chi connectivity index (χ2v) is 6.31. The Morgan fingerprint density at radius 3 is 2.58 bits per heavy atom. The zero-order valence-corrected chi connectivity index (χ0v) is 14.8. The molecule has 0 spiro atoms. The molecule has 0 atom stereocenters. The van der Waals surface area contributed by atoms with Crippen molar-refractivity contribution in [1.29, 1.82) is 0 Å². The molecule has 0 aliphatic rings. The number of para-hydroxylation sites is 1. The Labute approximate surface area is 154 Å². The molecule has 0 bridgehead atoms. The molecule has 2 heterocycles. The molecule has 26 heavy (non-hydrogen) atoms. The number of benzene rings is 2. The minimum Gasteiger partial charge on any atom is -0.497 e. The summed E-state index contributed by atoms with van der Waals surface area (Å²) in [6, 6.07) is 17.3. The lowest BCUT2D eigenvalue weighted by molar-refractivity contribution is 0.414. The van der Waals surface area contributed by atoms with Gasteiger partial charge >= 0.3 is 0 Å². The van der Waals surface area contributed by atoms with Gasteiger partial charge in [-0.05, 0) is 36.4 Å². The second-order valence-electron chi connectivity index (χ2n) is 5.38. The third kappa shape index (κ3) is 3.60. The molecule has 0 amide bonds. The largest absolute Gasteiger partial charge is 0.497 e. The maximum Gasteiger partial charge on any atom is 0.277 e. The average molecular weight is 365 g/mol. The molecular formula is C18H15N5O2S. The summed E-state index contributed by atoms with van der Waals surface area (Å²) in [6.45, 7) is 0. The molecule has 0 fully saturated rings. The quantitative estimate of drug-likeness (QED) is 0.483. The Bertz CT molecular complexity index is 982. The lowest BCUT2D eigenvalue weighted by Gasteiger charge is -1.99. The first-order valence-corrected chi connectivity index (χ1v) is 8.88. The molecule has 2 aromatic heterocycles. The minimum absolute atomic E-state index is 0.475. The molecule has 0 saturated heterocycles. The number of thioether (sulfide) groups is 1. The highest BCUT2D eigenvalue weighted by Gasteiger charge is 2.11. The first-order valence-electron chi connectivity index (χ1n) is 7.89. The zero-order chi connectivity index (χ0) is 17.8. The SMILES string of the molecule is COc1ccc(-c2nnc(SCc3cn(-c4ccccc4)nn3)o2)cc1. The Balaban J connectivity index is 1.41. The first kappa shape index (κ1) is 16.3. The summed E-state index contributed by atoms with van der Waals surface area (Å²) in [4.78, 5) is 0. The van der Waals surface area contributed by atoms with Gasteiger partial charge in [0.05, 0.1) is 24.7 Å². The van der Waals surface area contributed by atoms with E-state index in [0.717, 1.165) is 22.7 Å². The van der Waals surface area contributed by atoms with Gasteiger partial charge in [0.2, 0.25) is 5.89 Å². The van der Waals surface area contributed by atoms with E-state index in [0.29, 0.717) is 16.9 Å². The Kier molecular flexibility index (Phi) is 4.65. The summed E-state index contributed by atoms with van der Waals surface area (Å²) in [5.41, 5.74) is 2.65. The Morgan fingerprint density at radius 2 is 1.81 bits per heavy atom. The van der Waals surface area contributed by atoms with Crippen LogP contribution in [0.15, 0.2) is 70.4 Å². The van der Waals surface area contributed by atoms with E-state index in [4.69, 9.17) is 9.15 Å². The summed E-state index contributed by atoms with van der Waals surface area (Å²) in [6.07, 6.45) is 1.89. The third-order valence-electron chi connectivity index (χ3n) is 3.65. The maximum atomic E-state index is 5.70. The van der Waals surface area contributed by atoms with Crippen molar-refractivity contribution in [2.24, 2.45) is 0 Å². The van der Waals surface area contributed by atoms with Crippen molar-refractivity contribution in [3.05, 3.63) is 66.5 Å². The van der Waals surface area contributed by atoms with Crippen molar-refractivity contribution in [3.8, 4) is 22.9 Å². The first-order chi connectivity index (χ1) is 12.8. The van der Waals surface area contributed by atoms with Gasteiger partial charge in [-0.3, -0.25) is 0 Å². The highest BCUT2D eigenvalue weighted by atomic mass is 32.2. The van der Waals surface area contributed by atoms with Crippen LogP contribution in [0.5, 0.6) is 5.75 Å². The van der Waals surface area contributed by atoms with E-state index < -0.39 is 0 Å². The summed E-state index contributed by atoms with van der Waals surface area (Å²) in [5.74, 6) is 1.85. The van der Waals surface area contributed by atoms with E-state index >= 15 is 0 Å². The third-order valence-corrected chi connectivity index (χ3v) is 4.50. The van der Waals surface area contributed by atoms with Crippen LogP contribution in [0.1, 0.15) is 5.69 Å². The lowest BCUT2D eigenvalue weighted by atomic mass is 10.2. The van der Waals surface area contributed by atoms with Crippen LogP contribution >= 0.6 is 11.8 Å². The Morgan fingerprint density at radius 1 is 1.00 bits per heavy atom. The number of rotatable bonds is 6. The fourth-order valence-corrected chi connectivity index (χ4v) is 2.97. The van der Waals surface area contributed by atoms with Crippen LogP contribution in [0.4, 0.5) is 0 Å². The van der Waals surface area contributed by atoms with Gasteiger partial charge in [0.1, 0.15) is 5.75 Å². The molecular weight excluding hydrogens is 350 g/mol. The second kappa shape index (κ2) is 7.40. The topological polar surface area (TPSA) is 78.9 Å². The smallest absolute Gasteiger partial charge is 0.277 e. The number of aromatic nitrogens is 5. The normalized spacial score (nSPS) is 10.8. The van der Waals surface area contributed by atoms with Crippen LogP contribution in [0, 0.1) is 0 Å². The molecule has 0 saturated carbocycles. The maximum absolute atomic E-state index is 5.70. The average Bonchev–Trinajstić information content (AvgIpc) is 3.37. The molecule has 0 radical (unpaired) electrons. The predicted molar refractivity (Wildman–Crippen MR) is 97.2 cm³/mol. The molecule has 0 N–H and O–H groups in total. The number of hydrogen-bond acceptors (Lipinski definition) is 7. The Hall–Kier alpha value is -3.13. The van der Waals surface area contributed by atoms with Gasteiger partial charge in [-0.1, -0.05) is 35.2 Å². The van der Waals surface area contributed by atoms with Crippen molar-refractivity contribution in [3.63, 3.8) is 0 Å². The number of ether oxygens (including phenoxy) is 1. The van der Waals surface area contributed by atoms with E-state index in [1.54, 1.807) is 11.8 Å². The fourth-order valence-electron chi connectivity index (χ4n) is 2.33. The van der Waals surface area contributed by atoms with Gasteiger partial charge < -0.3 is 9.15 Å². The van der Waals surface area contributed by atoms with E-state index in [1.165, 1.54) is 11.8 Å². The zero-order valence-electron chi connectivity index (χ0n) is 13.9. The highest BCUT2D eigenvalue weighted by molar-refractivity contribution is 7.98. The van der Waals surface area contributed by atoms with Crippen molar-refractivity contribution in [2.75, 3.05) is 7.11 Å². The van der Waals surface area contributed by atoms with Crippen LogP contribution < -0.4 is 4.74 Å². The molecule has 4 aromatic rings. The molecule has 0 aliphatic carbocycles. The van der Waals surface area contributed by atoms with E-state index in [1.807, 2.05) is 60.8 Å². The molecule has 2 aromatic carbocycles. The molecule has 130 valence electrons. The molecule has 0 unspecified atom stereocenters. The van der Waals surface area contributed by atoms with Crippen molar-refractivity contribution >= 4 is 11.8 Å². The lowest BCUT2D eigenvalue weighted by Crippen LogP contribution is -1.93. The molecule has 8 heteroatoms. The minimum atomic E-state index is 0.475. The summed E-state index contributed by atoms with van der Waals surface area (Å²) in [7, 11) is 1.63. The van der Waals surface area contributed by atoms with Crippen LogP contribution in [-0.2, 0) is 5.75 Å². The molecule has 0 aliphatic heterocycles. The fraction of sp³-hybridized carbons (Fsp3) is 0.111. The monoisotopic (exact) mass is 365 g/mol. The number of methoxy groups -OCH3 is 1. The van der Waals surface area contributed by atoms with Crippen molar-refractivity contribution in [2.45, 2.75) is 11.0 Å². The van der Waals surface area contributed by atoms with E-state index in [-0.39, 0.29) is 0 Å². The molecule has 7 nitrogen and oxygen atoms in total. The van der Waals surface area contributed by atoms with Gasteiger partial charge in [0, 0.05) is 11.3 Å². The van der Waals surface area contributed by atoms with E-state index in [9.17, 15) is 0 Å². The highest BCUT2D eigenvalue weighted by Crippen LogP contribution is 2.26. The predicted octanol–water partition coefficient (Wildman–Crippen LogP) is 3.62. The summed E-state index contributed by atoms with van der Waals surface area (Å²) >= 11 is 1.42. The number of hydrogen-bond donors (Lipinski definition) is 0. The van der Waals surface area contributed by atoms with Crippen LogP contribution in [-0.4, -0.2) is 32.3 Å². The van der Waals surface area contributed by atoms with Gasteiger partial charge in [-0.2, -0.15) is 0 Å². The molecule has 4 rings (SSSR count). The van der Waals surface area contributed by atoms with Crippen LogP contribution in [0.25, 0.3) is 17.1 Å². The van der Waals surface area contributed by atoms with Crippen LogP contribution in [0.3, 0.4) is 0 Å². The van der Waals surface area contributed by atoms with Gasteiger partial charge in [-0.25, -0.2) is 4.68 Å². The van der Waals surface area contributed by atoms with Crippen molar-refractivity contribution < 1.29 is 9.15 Å². The van der Waals surface area contributed by atoms with Gasteiger partial charge in [0.25, 0.3) is 5.22 Å².